The van der Waals surface area contributed by atoms with Crippen molar-refractivity contribution in [3.63, 3.8) is 0 Å². The van der Waals surface area contributed by atoms with Gasteiger partial charge in [-0.1, -0.05) is 19.3 Å². The molecule has 1 saturated carbocycles. The van der Waals surface area contributed by atoms with E-state index in [9.17, 15) is 0 Å². The molecule has 3 rings (SSSR count). The average molecular weight is 273 g/mol. The number of ether oxygens (including phenoxy) is 2. The minimum absolute atomic E-state index is 0.791. The van der Waals surface area contributed by atoms with E-state index in [1.807, 2.05) is 12.3 Å². The Hall–Kier alpha value is -1.51. The molecule has 1 aliphatic heterocycles. The Labute approximate surface area is 121 Å². The SMILES string of the molecule is COc1cc2c(cc1OCCCC1CCC1)CCN=C2. The zero-order valence-corrected chi connectivity index (χ0v) is 12.2. The van der Waals surface area contributed by atoms with Crippen LogP contribution in [0.2, 0.25) is 0 Å². The van der Waals surface area contributed by atoms with Gasteiger partial charge in [0.05, 0.1) is 13.7 Å². The van der Waals surface area contributed by atoms with Crippen LogP contribution in [0.5, 0.6) is 11.5 Å². The number of rotatable bonds is 6. The minimum Gasteiger partial charge on any atom is -0.493 e. The van der Waals surface area contributed by atoms with E-state index in [4.69, 9.17) is 9.47 Å². The Morgan fingerprint density at radius 2 is 2.15 bits per heavy atom. The summed E-state index contributed by atoms with van der Waals surface area (Å²) in [7, 11) is 1.70. The molecule has 3 nitrogen and oxygen atoms in total. The van der Waals surface area contributed by atoms with Crippen molar-refractivity contribution >= 4 is 6.21 Å². The first-order valence-electron chi connectivity index (χ1n) is 7.70. The quantitative estimate of drug-likeness (QED) is 0.741. The second kappa shape index (κ2) is 6.29. The fourth-order valence-corrected chi connectivity index (χ4v) is 2.91. The molecule has 20 heavy (non-hydrogen) atoms. The standard InChI is InChI=1S/C17H23NO2/c1-19-16-11-15-12-18-8-7-14(15)10-17(16)20-9-3-6-13-4-2-5-13/h10-13H,2-9H2,1H3. The van der Waals surface area contributed by atoms with Crippen molar-refractivity contribution < 1.29 is 9.47 Å². The molecule has 0 saturated heterocycles. The van der Waals surface area contributed by atoms with E-state index in [2.05, 4.69) is 11.1 Å². The summed E-state index contributed by atoms with van der Waals surface area (Å²) in [6.45, 7) is 1.67. The maximum absolute atomic E-state index is 5.94. The van der Waals surface area contributed by atoms with Gasteiger partial charge in [0.2, 0.25) is 0 Å². The van der Waals surface area contributed by atoms with Crippen LogP contribution < -0.4 is 9.47 Å². The predicted molar refractivity (Wildman–Crippen MR) is 81.2 cm³/mol. The van der Waals surface area contributed by atoms with Crippen molar-refractivity contribution in [1.82, 2.24) is 0 Å². The topological polar surface area (TPSA) is 30.8 Å². The molecule has 108 valence electrons. The first-order chi connectivity index (χ1) is 9.86. The van der Waals surface area contributed by atoms with Gasteiger partial charge in [0.15, 0.2) is 11.5 Å². The lowest BCUT2D eigenvalue weighted by atomic mass is 9.82. The third-order valence-electron chi connectivity index (χ3n) is 4.41. The maximum atomic E-state index is 5.94. The van der Waals surface area contributed by atoms with Gasteiger partial charge in [-0.05, 0) is 48.4 Å². The van der Waals surface area contributed by atoms with Crippen molar-refractivity contribution in [2.45, 2.75) is 38.5 Å². The summed E-state index contributed by atoms with van der Waals surface area (Å²) in [6.07, 6.45) is 9.64. The van der Waals surface area contributed by atoms with Crippen molar-refractivity contribution in [2.75, 3.05) is 20.3 Å². The fraction of sp³-hybridized carbons (Fsp3) is 0.588. The Morgan fingerprint density at radius 1 is 1.25 bits per heavy atom. The molecule has 0 atom stereocenters. The van der Waals surface area contributed by atoms with Crippen molar-refractivity contribution in [3.05, 3.63) is 23.3 Å². The first-order valence-corrected chi connectivity index (χ1v) is 7.70. The number of aliphatic imine (C=N–C) groups is 1. The third kappa shape index (κ3) is 2.97. The van der Waals surface area contributed by atoms with Crippen LogP contribution in [-0.2, 0) is 6.42 Å². The van der Waals surface area contributed by atoms with Crippen LogP contribution in [0.15, 0.2) is 17.1 Å². The van der Waals surface area contributed by atoms with Crippen LogP contribution in [0.25, 0.3) is 0 Å². The molecule has 0 radical (unpaired) electrons. The van der Waals surface area contributed by atoms with Crippen LogP contribution in [-0.4, -0.2) is 26.5 Å². The van der Waals surface area contributed by atoms with E-state index < -0.39 is 0 Å². The van der Waals surface area contributed by atoms with Gasteiger partial charge in [-0.2, -0.15) is 0 Å². The van der Waals surface area contributed by atoms with Gasteiger partial charge >= 0.3 is 0 Å². The van der Waals surface area contributed by atoms with Crippen molar-refractivity contribution in [1.29, 1.82) is 0 Å². The summed E-state index contributed by atoms with van der Waals surface area (Å²) in [4.78, 5) is 4.31. The van der Waals surface area contributed by atoms with Gasteiger partial charge in [-0.15, -0.1) is 0 Å². The summed E-state index contributed by atoms with van der Waals surface area (Å²) < 4.78 is 11.4. The molecule has 0 bridgehead atoms. The average Bonchev–Trinajstić information content (AvgIpc) is 2.44. The van der Waals surface area contributed by atoms with Gasteiger partial charge in [0.1, 0.15) is 0 Å². The lowest BCUT2D eigenvalue weighted by Gasteiger charge is -2.25. The van der Waals surface area contributed by atoms with E-state index in [1.54, 1.807) is 7.11 Å². The number of fused-ring (bicyclic) bond motifs is 1. The molecule has 0 N–H and O–H groups in total. The number of hydrogen-bond donors (Lipinski definition) is 0. The normalized spacial score (nSPS) is 17.4. The molecule has 1 aromatic carbocycles. The zero-order chi connectivity index (χ0) is 13.8. The predicted octanol–water partition coefficient (Wildman–Crippen LogP) is 3.63. The molecule has 1 aromatic rings. The smallest absolute Gasteiger partial charge is 0.161 e. The number of nitrogens with zero attached hydrogens (tertiary/aromatic N) is 1. The number of methoxy groups -OCH3 is 1. The fourth-order valence-electron chi connectivity index (χ4n) is 2.91. The lowest BCUT2D eigenvalue weighted by Crippen LogP contribution is -2.12. The Balaban J connectivity index is 1.60. The van der Waals surface area contributed by atoms with Crippen LogP contribution in [0.1, 0.15) is 43.2 Å². The molecule has 0 spiro atoms. The highest BCUT2D eigenvalue weighted by Gasteiger charge is 2.17. The molecule has 0 unspecified atom stereocenters. The molecule has 0 aromatic heterocycles. The largest absolute Gasteiger partial charge is 0.493 e. The summed E-state index contributed by atoms with van der Waals surface area (Å²) in [5.41, 5.74) is 2.48. The highest BCUT2D eigenvalue weighted by molar-refractivity contribution is 5.84. The van der Waals surface area contributed by atoms with Gasteiger partial charge in [-0.3, -0.25) is 4.99 Å². The van der Waals surface area contributed by atoms with Gasteiger partial charge < -0.3 is 9.47 Å². The Morgan fingerprint density at radius 3 is 2.90 bits per heavy atom. The van der Waals surface area contributed by atoms with Crippen LogP contribution in [0.4, 0.5) is 0 Å². The molecule has 3 heteroatoms. The highest BCUT2D eigenvalue weighted by atomic mass is 16.5. The second-order valence-corrected chi connectivity index (χ2v) is 5.77. The molecule has 1 heterocycles. The van der Waals surface area contributed by atoms with Crippen LogP contribution >= 0.6 is 0 Å². The summed E-state index contributed by atoms with van der Waals surface area (Å²) in [5.74, 6) is 2.66. The van der Waals surface area contributed by atoms with Gasteiger partial charge in [0, 0.05) is 12.8 Å². The van der Waals surface area contributed by atoms with E-state index in [0.29, 0.717) is 0 Å². The zero-order valence-electron chi connectivity index (χ0n) is 12.2. The van der Waals surface area contributed by atoms with Crippen LogP contribution in [0, 0.1) is 5.92 Å². The van der Waals surface area contributed by atoms with Crippen molar-refractivity contribution in [3.8, 4) is 11.5 Å². The minimum atomic E-state index is 0.791. The highest BCUT2D eigenvalue weighted by Crippen LogP contribution is 2.33. The maximum Gasteiger partial charge on any atom is 0.161 e. The molecule has 1 fully saturated rings. The number of hydrogen-bond acceptors (Lipinski definition) is 3. The van der Waals surface area contributed by atoms with Gasteiger partial charge in [-0.25, -0.2) is 0 Å². The molecule has 0 amide bonds. The molecular formula is C17H23NO2. The summed E-state index contributed by atoms with van der Waals surface area (Å²) in [6, 6.07) is 4.17. The Bertz CT molecular complexity index is 492. The second-order valence-electron chi connectivity index (χ2n) is 5.77. The molecular weight excluding hydrogens is 250 g/mol. The van der Waals surface area contributed by atoms with Crippen LogP contribution in [0.3, 0.4) is 0 Å². The van der Waals surface area contributed by atoms with E-state index >= 15 is 0 Å². The van der Waals surface area contributed by atoms with Gasteiger partial charge in [0.25, 0.3) is 0 Å². The Kier molecular flexibility index (Phi) is 4.24. The van der Waals surface area contributed by atoms with E-state index in [1.165, 1.54) is 31.2 Å². The lowest BCUT2D eigenvalue weighted by molar-refractivity contribution is 0.241. The molecule has 1 aliphatic carbocycles. The van der Waals surface area contributed by atoms with Crippen molar-refractivity contribution in [2.24, 2.45) is 10.9 Å². The third-order valence-corrected chi connectivity index (χ3v) is 4.41. The molecule has 2 aliphatic rings. The van der Waals surface area contributed by atoms with E-state index in [-0.39, 0.29) is 0 Å². The summed E-state index contributed by atoms with van der Waals surface area (Å²) in [5, 5.41) is 0. The first kappa shape index (κ1) is 13.5. The van der Waals surface area contributed by atoms with E-state index in [0.717, 1.165) is 49.0 Å². The monoisotopic (exact) mass is 273 g/mol. The summed E-state index contributed by atoms with van der Waals surface area (Å²) >= 11 is 0. The number of benzene rings is 1.